The summed E-state index contributed by atoms with van der Waals surface area (Å²) in [5, 5.41) is 9.59. The number of sulfonamides is 1. The van der Waals surface area contributed by atoms with Gasteiger partial charge in [-0.25, -0.2) is 8.42 Å². The number of carboxylic acids is 1. The van der Waals surface area contributed by atoms with Crippen molar-refractivity contribution in [1.82, 2.24) is 9.71 Å². The van der Waals surface area contributed by atoms with E-state index in [1.807, 2.05) is 0 Å². The van der Waals surface area contributed by atoms with E-state index < -0.39 is 22.0 Å². The number of rotatable bonds is 5. The molecule has 0 saturated carbocycles. The van der Waals surface area contributed by atoms with E-state index >= 15 is 0 Å². The van der Waals surface area contributed by atoms with Crippen molar-refractivity contribution in [1.29, 1.82) is 0 Å². The molecule has 0 bridgehead atoms. The van der Waals surface area contributed by atoms with Crippen molar-refractivity contribution < 1.29 is 18.3 Å². The number of nitrogens with one attached hydrogen (secondary N) is 1. The van der Waals surface area contributed by atoms with Crippen molar-refractivity contribution in [2.24, 2.45) is 5.92 Å². The predicted molar refractivity (Wildman–Crippen MR) is 78.3 cm³/mol. The fourth-order valence-electron chi connectivity index (χ4n) is 2.01. The van der Waals surface area contributed by atoms with Gasteiger partial charge in [-0.1, -0.05) is 19.9 Å². The van der Waals surface area contributed by atoms with E-state index in [2.05, 4.69) is 9.71 Å². The number of hydrogen-bond acceptors (Lipinski definition) is 4. The second-order valence-corrected chi connectivity index (χ2v) is 6.69. The van der Waals surface area contributed by atoms with Crippen LogP contribution in [0.15, 0.2) is 41.4 Å². The van der Waals surface area contributed by atoms with Gasteiger partial charge in [0.2, 0.25) is 10.0 Å². The summed E-state index contributed by atoms with van der Waals surface area (Å²) in [5.41, 5.74) is 0.539. The molecule has 2 N–H and O–H groups in total. The Hall–Kier alpha value is -1.99. The lowest BCUT2D eigenvalue weighted by Crippen LogP contribution is -2.44. The molecular formula is C14H16N2O4S. The third-order valence-electron chi connectivity index (χ3n) is 3.11. The summed E-state index contributed by atoms with van der Waals surface area (Å²) < 4.78 is 27.2. The average molecular weight is 308 g/mol. The van der Waals surface area contributed by atoms with Crippen LogP contribution >= 0.6 is 0 Å². The second-order valence-electron chi connectivity index (χ2n) is 5.01. The normalized spacial score (nSPS) is 13.5. The summed E-state index contributed by atoms with van der Waals surface area (Å²) in [5.74, 6) is -1.57. The predicted octanol–water partition coefficient (Wildman–Crippen LogP) is 1.62. The minimum atomic E-state index is -3.95. The molecule has 1 atom stereocenters. The standard InChI is InChI=1S/C14H16N2O4S/c1-9(2)13(14(17)18)16-21(19,20)12-7-3-6-11-10(12)5-4-8-15-11/h3-9,13,16H,1-2H3,(H,17,18)/t13-/m0/s1. The number of pyridine rings is 1. The van der Waals surface area contributed by atoms with Gasteiger partial charge < -0.3 is 5.11 Å². The lowest BCUT2D eigenvalue weighted by Gasteiger charge is -2.18. The molecule has 0 aliphatic carbocycles. The number of aliphatic carboxylic acids is 1. The van der Waals surface area contributed by atoms with Crippen LogP contribution < -0.4 is 4.72 Å². The summed E-state index contributed by atoms with van der Waals surface area (Å²) >= 11 is 0. The maximum atomic E-state index is 12.5. The van der Waals surface area contributed by atoms with Crippen LogP contribution in [0.2, 0.25) is 0 Å². The molecular weight excluding hydrogens is 292 g/mol. The molecule has 0 amide bonds. The van der Waals surface area contributed by atoms with Crippen molar-refractivity contribution in [2.45, 2.75) is 24.8 Å². The van der Waals surface area contributed by atoms with Crippen molar-refractivity contribution in [3.63, 3.8) is 0 Å². The van der Waals surface area contributed by atoms with Gasteiger partial charge >= 0.3 is 5.97 Å². The highest BCUT2D eigenvalue weighted by atomic mass is 32.2. The van der Waals surface area contributed by atoms with Gasteiger partial charge in [-0.15, -0.1) is 0 Å². The highest BCUT2D eigenvalue weighted by molar-refractivity contribution is 7.89. The van der Waals surface area contributed by atoms with E-state index in [1.165, 1.54) is 6.07 Å². The van der Waals surface area contributed by atoms with Crippen LogP contribution in [0, 0.1) is 5.92 Å². The van der Waals surface area contributed by atoms with Gasteiger partial charge in [0.05, 0.1) is 10.4 Å². The summed E-state index contributed by atoms with van der Waals surface area (Å²) in [7, 11) is -3.95. The average Bonchev–Trinajstić information content (AvgIpc) is 2.43. The molecule has 1 aromatic heterocycles. The molecule has 0 aliphatic rings. The zero-order valence-corrected chi connectivity index (χ0v) is 12.5. The molecule has 0 saturated heterocycles. The third kappa shape index (κ3) is 3.20. The van der Waals surface area contributed by atoms with Gasteiger partial charge in [-0.2, -0.15) is 4.72 Å². The van der Waals surface area contributed by atoms with Crippen LogP contribution in [0.4, 0.5) is 0 Å². The van der Waals surface area contributed by atoms with E-state index in [9.17, 15) is 13.2 Å². The topological polar surface area (TPSA) is 96.4 Å². The molecule has 1 heterocycles. The summed E-state index contributed by atoms with van der Waals surface area (Å²) in [6, 6.07) is 6.81. The largest absolute Gasteiger partial charge is 0.480 e. The Labute approximate surface area is 122 Å². The maximum Gasteiger partial charge on any atom is 0.322 e. The number of carbonyl (C=O) groups is 1. The van der Waals surface area contributed by atoms with Crippen molar-refractivity contribution in [3.05, 3.63) is 36.5 Å². The minimum absolute atomic E-state index is 0.0278. The van der Waals surface area contributed by atoms with Gasteiger partial charge in [0, 0.05) is 11.6 Å². The van der Waals surface area contributed by atoms with E-state index in [0.717, 1.165) is 0 Å². The Morgan fingerprint density at radius 1 is 1.24 bits per heavy atom. The van der Waals surface area contributed by atoms with Crippen molar-refractivity contribution in [3.8, 4) is 0 Å². The second kappa shape index (κ2) is 5.79. The minimum Gasteiger partial charge on any atom is -0.480 e. The Kier molecular flexibility index (Phi) is 4.24. The lowest BCUT2D eigenvalue weighted by molar-refractivity contribution is -0.140. The zero-order valence-electron chi connectivity index (χ0n) is 11.6. The first-order valence-corrected chi connectivity index (χ1v) is 7.90. The van der Waals surface area contributed by atoms with Crippen LogP contribution in [0.3, 0.4) is 0 Å². The fourth-order valence-corrected chi connectivity index (χ4v) is 3.57. The van der Waals surface area contributed by atoms with E-state index in [0.29, 0.717) is 10.9 Å². The third-order valence-corrected chi connectivity index (χ3v) is 4.61. The van der Waals surface area contributed by atoms with Crippen molar-refractivity contribution in [2.75, 3.05) is 0 Å². The molecule has 1 aromatic carbocycles. The first kappa shape index (κ1) is 15.4. The van der Waals surface area contributed by atoms with Crippen LogP contribution in [-0.2, 0) is 14.8 Å². The molecule has 6 nitrogen and oxygen atoms in total. The number of hydrogen-bond donors (Lipinski definition) is 2. The molecule has 0 spiro atoms. The molecule has 0 fully saturated rings. The zero-order chi connectivity index (χ0) is 15.6. The van der Waals surface area contributed by atoms with Gasteiger partial charge in [-0.05, 0) is 30.2 Å². The molecule has 7 heteroatoms. The quantitative estimate of drug-likeness (QED) is 0.875. The fraction of sp³-hybridized carbons (Fsp3) is 0.286. The number of fused-ring (bicyclic) bond motifs is 1. The number of nitrogens with zero attached hydrogens (tertiary/aromatic N) is 1. The monoisotopic (exact) mass is 308 g/mol. The molecule has 0 unspecified atom stereocenters. The Bertz CT molecular complexity index is 766. The number of benzene rings is 1. The van der Waals surface area contributed by atoms with Gasteiger partial charge in [0.1, 0.15) is 6.04 Å². The molecule has 2 aromatic rings. The van der Waals surface area contributed by atoms with Crippen molar-refractivity contribution >= 4 is 26.9 Å². The van der Waals surface area contributed by atoms with E-state index in [1.54, 1.807) is 44.3 Å². The number of aromatic nitrogens is 1. The smallest absolute Gasteiger partial charge is 0.322 e. The van der Waals surface area contributed by atoms with Gasteiger partial charge in [-0.3, -0.25) is 9.78 Å². The molecule has 112 valence electrons. The van der Waals surface area contributed by atoms with E-state index in [-0.39, 0.29) is 10.8 Å². The highest BCUT2D eigenvalue weighted by Gasteiger charge is 2.28. The highest BCUT2D eigenvalue weighted by Crippen LogP contribution is 2.21. The van der Waals surface area contributed by atoms with Gasteiger partial charge in [0.25, 0.3) is 0 Å². The summed E-state index contributed by atoms with van der Waals surface area (Å²) in [6.07, 6.45) is 1.57. The molecule has 0 radical (unpaired) electrons. The maximum absolute atomic E-state index is 12.5. The lowest BCUT2D eigenvalue weighted by atomic mass is 10.1. The summed E-state index contributed by atoms with van der Waals surface area (Å²) in [4.78, 5) is 15.3. The number of carboxylic acid groups (broad SMARTS) is 1. The summed E-state index contributed by atoms with van der Waals surface area (Å²) in [6.45, 7) is 3.29. The van der Waals surface area contributed by atoms with Crippen LogP contribution in [0.5, 0.6) is 0 Å². The van der Waals surface area contributed by atoms with Gasteiger partial charge in [0.15, 0.2) is 0 Å². The molecule has 21 heavy (non-hydrogen) atoms. The Morgan fingerprint density at radius 3 is 2.57 bits per heavy atom. The SMILES string of the molecule is CC(C)[C@H](NS(=O)(=O)c1cccc2ncccc12)C(=O)O. The molecule has 2 rings (SSSR count). The molecule has 0 aliphatic heterocycles. The Balaban J connectivity index is 2.50. The van der Waals surface area contributed by atoms with E-state index in [4.69, 9.17) is 5.11 Å². The first-order chi connectivity index (χ1) is 9.83. The van der Waals surface area contributed by atoms with Crippen LogP contribution in [-0.4, -0.2) is 30.5 Å². The van der Waals surface area contributed by atoms with Crippen LogP contribution in [0.1, 0.15) is 13.8 Å². The Morgan fingerprint density at radius 2 is 1.95 bits per heavy atom. The first-order valence-electron chi connectivity index (χ1n) is 6.42. The van der Waals surface area contributed by atoms with Crippen LogP contribution in [0.25, 0.3) is 10.9 Å².